The lowest BCUT2D eigenvalue weighted by Gasteiger charge is -2.33. The molecule has 0 bridgehead atoms. The van der Waals surface area contributed by atoms with Gasteiger partial charge in [-0.2, -0.15) is 0 Å². The molecule has 0 radical (unpaired) electrons. The molecule has 2 aromatic carbocycles. The molecule has 1 aromatic heterocycles. The molecule has 2 amide bonds. The Balaban J connectivity index is 1.77. The van der Waals surface area contributed by atoms with E-state index >= 15 is 0 Å². The van der Waals surface area contributed by atoms with Crippen LogP contribution in [0.5, 0.6) is 0 Å². The van der Waals surface area contributed by atoms with Crippen molar-refractivity contribution in [2.45, 2.75) is 19.9 Å². The van der Waals surface area contributed by atoms with Gasteiger partial charge in [-0.3, -0.25) is 4.72 Å². The number of nitrogens with zero attached hydrogens (tertiary/aromatic N) is 3. The van der Waals surface area contributed by atoms with Gasteiger partial charge in [-0.15, -0.1) is 0 Å². The molecule has 2 heterocycles. The lowest BCUT2D eigenvalue weighted by atomic mass is 10.1. The van der Waals surface area contributed by atoms with Gasteiger partial charge in [0, 0.05) is 29.9 Å². The first-order valence-electron chi connectivity index (χ1n) is 11.7. The highest BCUT2D eigenvalue weighted by molar-refractivity contribution is 7.92. The van der Waals surface area contributed by atoms with Gasteiger partial charge >= 0.3 is 6.03 Å². The molecule has 4 rings (SSSR count). The van der Waals surface area contributed by atoms with Crippen LogP contribution >= 0.6 is 0 Å². The Hall–Kier alpha value is -3.70. The number of benzene rings is 2. The van der Waals surface area contributed by atoms with Crippen molar-refractivity contribution in [1.82, 2.24) is 15.3 Å². The highest BCUT2D eigenvalue weighted by Crippen LogP contribution is 2.32. The van der Waals surface area contributed by atoms with Crippen molar-refractivity contribution < 1.29 is 17.9 Å². The third-order valence-corrected chi connectivity index (χ3v) is 6.20. The maximum atomic E-state index is 12.0. The number of anilines is 3. The molecular formula is C25H30N6O4S. The van der Waals surface area contributed by atoms with Crippen LogP contribution in [0.15, 0.2) is 54.6 Å². The third-order valence-electron chi connectivity index (χ3n) is 5.61. The summed E-state index contributed by atoms with van der Waals surface area (Å²) in [6.07, 6.45) is 1.12. The van der Waals surface area contributed by atoms with Crippen molar-refractivity contribution in [3.05, 3.63) is 54.6 Å². The molecule has 0 unspecified atom stereocenters. The van der Waals surface area contributed by atoms with Crippen molar-refractivity contribution >= 4 is 33.4 Å². The van der Waals surface area contributed by atoms with Crippen LogP contribution < -0.4 is 20.3 Å². The SMILES string of the molecule is CCNC(=O)Nc1ccc(-c2cc(-c3ccccc3NS(C)(=O)=O)nc(N3CCOC[C@@H]3C)n2)cc1. The summed E-state index contributed by atoms with van der Waals surface area (Å²) in [7, 11) is -3.49. The van der Waals surface area contributed by atoms with Gasteiger partial charge < -0.3 is 20.3 Å². The van der Waals surface area contributed by atoms with Crippen LogP contribution in [0, 0.1) is 0 Å². The predicted octanol–water partition coefficient (Wildman–Crippen LogP) is 3.55. The van der Waals surface area contributed by atoms with E-state index in [0.29, 0.717) is 60.6 Å². The summed E-state index contributed by atoms with van der Waals surface area (Å²) in [6.45, 7) is 6.21. The van der Waals surface area contributed by atoms with E-state index in [2.05, 4.69) is 27.2 Å². The van der Waals surface area contributed by atoms with E-state index in [0.717, 1.165) is 11.8 Å². The van der Waals surface area contributed by atoms with Gasteiger partial charge in [-0.05, 0) is 38.1 Å². The Bertz CT molecular complexity index is 1330. The average molecular weight is 511 g/mol. The summed E-state index contributed by atoms with van der Waals surface area (Å²) >= 11 is 0. The number of para-hydroxylation sites is 1. The number of rotatable bonds is 7. The summed E-state index contributed by atoms with van der Waals surface area (Å²) in [5.41, 5.74) is 3.83. The second kappa shape index (κ2) is 10.9. The van der Waals surface area contributed by atoms with Crippen molar-refractivity contribution in [2.24, 2.45) is 0 Å². The van der Waals surface area contributed by atoms with Crippen LogP contribution in [0.1, 0.15) is 13.8 Å². The molecule has 1 saturated heterocycles. The van der Waals surface area contributed by atoms with Gasteiger partial charge in [0.15, 0.2) is 0 Å². The molecule has 0 aliphatic carbocycles. The fourth-order valence-electron chi connectivity index (χ4n) is 3.93. The van der Waals surface area contributed by atoms with E-state index in [1.807, 2.05) is 49.4 Å². The fraction of sp³-hybridized carbons (Fsp3) is 0.320. The monoisotopic (exact) mass is 510 g/mol. The minimum absolute atomic E-state index is 0.0786. The van der Waals surface area contributed by atoms with Crippen LogP contribution in [0.3, 0.4) is 0 Å². The number of sulfonamides is 1. The molecule has 0 spiro atoms. The third kappa shape index (κ3) is 6.29. The number of carbonyl (C=O) groups is 1. The van der Waals surface area contributed by atoms with Crippen molar-refractivity contribution in [1.29, 1.82) is 0 Å². The highest BCUT2D eigenvalue weighted by Gasteiger charge is 2.23. The van der Waals surface area contributed by atoms with Gasteiger partial charge in [-0.1, -0.05) is 30.3 Å². The first-order valence-corrected chi connectivity index (χ1v) is 13.6. The van der Waals surface area contributed by atoms with Gasteiger partial charge in [0.1, 0.15) is 0 Å². The Morgan fingerprint density at radius 3 is 2.53 bits per heavy atom. The second-order valence-electron chi connectivity index (χ2n) is 8.54. The zero-order valence-corrected chi connectivity index (χ0v) is 21.3. The van der Waals surface area contributed by atoms with Gasteiger partial charge in [0.25, 0.3) is 0 Å². The quantitative estimate of drug-likeness (QED) is 0.444. The first-order chi connectivity index (χ1) is 17.2. The molecule has 1 aliphatic rings. The lowest BCUT2D eigenvalue weighted by molar-refractivity contribution is 0.0981. The van der Waals surface area contributed by atoms with E-state index in [-0.39, 0.29) is 12.1 Å². The van der Waals surface area contributed by atoms with Crippen molar-refractivity contribution in [3.8, 4) is 22.5 Å². The number of carbonyl (C=O) groups excluding carboxylic acids is 1. The van der Waals surface area contributed by atoms with E-state index in [1.165, 1.54) is 0 Å². The summed E-state index contributed by atoms with van der Waals surface area (Å²) in [6, 6.07) is 16.1. The zero-order chi connectivity index (χ0) is 25.7. The minimum Gasteiger partial charge on any atom is -0.377 e. The van der Waals surface area contributed by atoms with Crippen LogP contribution in [-0.4, -0.2) is 63.0 Å². The molecule has 11 heteroatoms. The van der Waals surface area contributed by atoms with Crippen LogP contribution in [0.25, 0.3) is 22.5 Å². The van der Waals surface area contributed by atoms with E-state index in [4.69, 9.17) is 14.7 Å². The Morgan fingerprint density at radius 2 is 1.83 bits per heavy atom. The largest absolute Gasteiger partial charge is 0.377 e. The van der Waals surface area contributed by atoms with Crippen LogP contribution in [-0.2, 0) is 14.8 Å². The molecular weight excluding hydrogens is 480 g/mol. The first kappa shape index (κ1) is 25.4. The molecule has 10 nitrogen and oxygen atoms in total. The van der Waals surface area contributed by atoms with E-state index < -0.39 is 10.0 Å². The van der Waals surface area contributed by atoms with E-state index in [9.17, 15) is 13.2 Å². The summed E-state index contributed by atoms with van der Waals surface area (Å²) in [4.78, 5) is 23.6. The maximum absolute atomic E-state index is 12.0. The van der Waals surface area contributed by atoms with Crippen molar-refractivity contribution in [3.63, 3.8) is 0 Å². The van der Waals surface area contributed by atoms with Gasteiger partial charge in [0.05, 0.1) is 42.6 Å². The number of urea groups is 1. The summed E-state index contributed by atoms with van der Waals surface area (Å²) < 4.78 is 32.1. The van der Waals surface area contributed by atoms with Gasteiger partial charge in [-0.25, -0.2) is 23.2 Å². The number of ether oxygens (including phenoxy) is 1. The van der Waals surface area contributed by atoms with Crippen molar-refractivity contribution in [2.75, 3.05) is 47.5 Å². The molecule has 36 heavy (non-hydrogen) atoms. The Labute approximate surface area is 211 Å². The summed E-state index contributed by atoms with van der Waals surface area (Å²) in [5, 5.41) is 5.49. The molecule has 190 valence electrons. The van der Waals surface area contributed by atoms with Crippen LogP contribution in [0.2, 0.25) is 0 Å². The number of amides is 2. The average Bonchev–Trinajstić information content (AvgIpc) is 2.84. The van der Waals surface area contributed by atoms with E-state index in [1.54, 1.807) is 12.1 Å². The maximum Gasteiger partial charge on any atom is 0.319 e. The minimum atomic E-state index is -3.49. The molecule has 1 aliphatic heterocycles. The number of nitrogens with one attached hydrogen (secondary N) is 3. The Kier molecular flexibility index (Phi) is 7.70. The lowest BCUT2D eigenvalue weighted by Crippen LogP contribution is -2.44. The number of morpholine rings is 1. The molecule has 1 fully saturated rings. The smallest absolute Gasteiger partial charge is 0.319 e. The number of hydrogen-bond donors (Lipinski definition) is 3. The fourth-order valence-corrected chi connectivity index (χ4v) is 4.51. The Morgan fingerprint density at radius 1 is 1.11 bits per heavy atom. The molecule has 3 aromatic rings. The molecule has 3 N–H and O–H groups in total. The highest BCUT2D eigenvalue weighted by atomic mass is 32.2. The van der Waals surface area contributed by atoms with Crippen LogP contribution in [0.4, 0.5) is 22.1 Å². The number of hydrogen-bond acceptors (Lipinski definition) is 7. The summed E-state index contributed by atoms with van der Waals surface area (Å²) in [5.74, 6) is 0.539. The molecule has 1 atom stereocenters. The standard InChI is InChI=1S/C25H30N6O4S/c1-4-26-25(32)27-19-11-9-18(10-12-19)22-15-23(20-7-5-6-8-21(20)30-36(3,33)34)29-24(28-22)31-13-14-35-16-17(31)2/h5-12,15,17,30H,4,13-14,16H2,1-3H3,(H2,26,27,32)/t17-/m0/s1. The van der Waals surface area contributed by atoms with Gasteiger partial charge in [0.2, 0.25) is 16.0 Å². The topological polar surface area (TPSA) is 126 Å². The second-order valence-corrected chi connectivity index (χ2v) is 10.3. The normalized spacial score (nSPS) is 15.9. The number of aromatic nitrogens is 2. The predicted molar refractivity (Wildman–Crippen MR) is 142 cm³/mol. The molecule has 0 saturated carbocycles. The zero-order valence-electron chi connectivity index (χ0n) is 20.5.